The van der Waals surface area contributed by atoms with Crippen molar-refractivity contribution in [3.8, 4) is 17.2 Å². The maximum atomic E-state index is 12.8. The van der Waals surface area contributed by atoms with E-state index >= 15 is 0 Å². The predicted octanol–water partition coefficient (Wildman–Crippen LogP) is 4.43. The van der Waals surface area contributed by atoms with Crippen molar-refractivity contribution in [1.82, 2.24) is 9.55 Å². The van der Waals surface area contributed by atoms with Crippen molar-refractivity contribution in [2.24, 2.45) is 7.05 Å². The summed E-state index contributed by atoms with van der Waals surface area (Å²) < 4.78 is 17.9. The maximum absolute atomic E-state index is 12.8. The predicted molar refractivity (Wildman–Crippen MR) is 117 cm³/mol. The van der Waals surface area contributed by atoms with Crippen LogP contribution in [0.5, 0.6) is 17.2 Å². The van der Waals surface area contributed by atoms with Gasteiger partial charge >= 0.3 is 0 Å². The number of nitrogens with zero attached hydrogens (tertiary/aromatic N) is 2. The highest BCUT2D eigenvalue weighted by Crippen LogP contribution is 2.38. The van der Waals surface area contributed by atoms with Crippen molar-refractivity contribution < 1.29 is 19.0 Å². The van der Waals surface area contributed by atoms with Crippen molar-refractivity contribution in [2.45, 2.75) is 16.5 Å². The molecule has 158 valence electrons. The smallest absolute Gasteiger partial charge is 0.228 e. The number of amides is 1. The van der Waals surface area contributed by atoms with Crippen LogP contribution in [-0.2, 0) is 18.3 Å². The molecule has 7 nitrogen and oxygen atoms in total. The molecule has 0 radical (unpaired) electrons. The molecule has 0 unspecified atom stereocenters. The van der Waals surface area contributed by atoms with Gasteiger partial charge in [-0.1, -0.05) is 11.6 Å². The summed E-state index contributed by atoms with van der Waals surface area (Å²) in [5.41, 5.74) is 1.34. The average molecular weight is 448 g/mol. The minimum atomic E-state index is -0.201. The molecule has 1 aromatic heterocycles. The highest BCUT2D eigenvalue weighted by molar-refractivity contribution is 7.99. The van der Waals surface area contributed by atoms with Crippen molar-refractivity contribution in [1.29, 1.82) is 0 Å². The minimum absolute atomic E-state index is 0.121. The summed E-state index contributed by atoms with van der Waals surface area (Å²) in [4.78, 5) is 17.9. The van der Waals surface area contributed by atoms with Crippen LogP contribution in [0.25, 0.3) is 0 Å². The number of carbonyl (C=O) groups excluding carboxylic acids is 1. The number of halogens is 1. The minimum Gasteiger partial charge on any atom is -0.493 e. The Kier molecular flexibility index (Phi) is 7.12. The van der Waals surface area contributed by atoms with E-state index in [1.807, 2.05) is 23.9 Å². The molecular formula is C21H22ClN3O4S. The largest absolute Gasteiger partial charge is 0.493 e. The van der Waals surface area contributed by atoms with Gasteiger partial charge in [-0.05, 0) is 47.7 Å². The van der Waals surface area contributed by atoms with E-state index in [0.717, 1.165) is 15.6 Å². The summed E-state index contributed by atoms with van der Waals surface area (Å²) in [6, 6.07) is 8.86. The van der Waals surface area contributed by atoms with Crippen LogP contribution in [0.15, 0.2) is 52.8 Å². The van der Waals surface area contributed by atoms with Crippen LogP contribution in [0.3, 0.4) is 0 Å². The van der Waals surface area contributed by atoms with Gasteiger partial charge in [-0.15, -0.1) is 0 Å². The van der Waals surface area contributed by atoms with E-state index in [-0.39, 0.29) is 12.3 Å². The standard InChI is InChI=1S/C21H22ClN3O4S/c1-25-8-7-23-21(25)30-18-6-5-14(22)12-15(18)24-19(26)11-13-9-16(27-2)20(29-4)17(10-13)28-3/h5-10,12H,11H2,1-4H3,(H,24,26). The van der Waals surface area contributed by atoms with Crippen molar-refractivity contribution in [3.05, 3.63) is 53.3 Å². The van der Waals surface area contributed by atoms with Gasteiger partial charge in [-0.3, -0.25) is 4.79 Å². The zero-order valence-electron chi connectivity index (χ0n) is 17.1. The van der Waals surface area contributed by atoms with Gasteiger partial charge in [0.2, 0.25) is 11.7 Å². The van der Waals surface area contributed by atoms with E-state index < -0.39 is 0 Å². The lowest BCUT2D eigenvalue weighted by Gasteiger charge is -2.15. The normalized spacial score (nSPS) is 10.6. The molecule has 1 heterocycles. The van der Waals surface area contributed by atoms with Crippen molar-refractivity contribution >= 4 is 35.0 Å². The Morgan fingerprint density at radius 1 is 1.13 bits per heavy atom. The number of methoxy groups -OCH3 is 3. The van der Waals surface area contributed by atoms with Gasteiger partial charge < -0.3 is 24.1 Å². The molecule has 0 aliphatic carbocycles. The van der Waals surface area contributed by atoms with Gasteiger partial charge in [0.15, 0.2) is 16.7 Å². The van der Waals surface area contributed by atoms with E-state index in [1.54, 1.807) is 30.5 Å². The molecule has 0 saturated heterocycles. The number of imidazole rings is 1. The topological polar surface area (TPSA) is 74.6 Å². The number of anilines is 1. The molecule has 0 saturated carbocycles. The van der Waals surface area contributed by atoms with E-state index in [1.165, 1.54) is 33.1 Å². The van der Waals surface area contributed by atoms with Gasteiger partial charge in [0.05, 0.1) is 33.4 Å². The monoisotopic (exact) mass is 447 g/mol. The van der Waals surface area contributed by atoms with Crippen LogP contribution in [0.1, 0.15) is 5.56 Å². The Morgan fingerprint density at radius 2 is 1.83 bits per heavy atom. The van der Waals surface area contributed by atoms with Crippen LogP contribution < -0.4 is 19.5 Å². The first-order valence-corrected chi connectivity index (χ1v) is 10.2. The molecule has 0 bridgehead atoms. The highest BCUT2D eigenvalue weighted by Gasteiger charge is 2.16. The SMILES string of the molecule is COc1cc(CC(=O)Nc2cc(Cl)ccc2Sc2nccn2C)cc(OC)c1OC. The van der Waals surface area contributed by atoms with Crippen molar-refractivity contribution in [2.75, 3.05) is 26.6 Å². The number of aromatic nitrogens is 2. The zero-order valence-corrected chi connectivity index (χ0v) is 18.6. The summed E-state index contributed by atoms with van der Waals surface area (Å²) in [7, 11) is 6.52. The molecule has 0 aliphatic rings. The molecule has 0 aliphatic heterocycles. The molecule has 3 rings (SSSR count). The number of carbonyl (C=O) groups is 1. The summed E-state index contributed by atoms with van der Waals surface area (Å²) in [6.07, 6.45) is 3.71. The van der Waals surface area contributed by atoms with Crippen LogP contribution >= 0.6 is 23.4 Å². The summed E-state index contributed by atoms with van der Waals surface area (Å²) in [5.74, 6) is 1.27. The maximum Gasteiger partial charge on any atom is 0.228 e. The molecule has 0 fully saturated rings. The number of nitrogens with one attached hydrogen (secondary N) is 1. The number of aryl methyl sites for hydroxylation is 1. The summed E-state index contributed by atoms with van der Waals surface area (Å²) >= 11 is 7.60. The Morgan fingerprint density at radius 3 is 2.40 bits per heavy atom. The summed E-state index contributed by atoms with van der Waals surface area (Å²) in [5, 5.41) is 4.27. The van der Waals surface area contributed by atoms with Crippen molar-refractivity contribution in [3.63, 3.8) is 0 Å². The third kappa shape index (κ3) is 5.01. The van der Waals surface area contributed by atoms with Crippen LogP contribution in [-0.4, -0.2) is 36.8 Å². The van der Waals surface area contributed by atoms with Gasteiger partial charge in [-0.25, -0.2) is 4.98 Å². The second-order valence-corrected chi connectivity index (χ2v) is 7.77. The van der Waals surface area contributed by atoms with E-state index in [4.69, 9.17) is 25.8 Å². The second kappa shape index (κ2) is 9.77. The Balaban J connectivity index is 1.81. The van der Waals surface area contributed by atoms with Gasteiger partial charge in [0.1, 0.15) is 0 Å². The van der Waals surface area contributed by atoms with Gasteiger partial charge in [-0.2, -0.15) is 0 Å². The van der Waals surface area contributed by atoms with E-state index in [0.29, 0.717) is 28.0 Å². The lowest BCUT2D eigenvalue weighted by atomic mass is 10.1. The molecule has 2 aromatic carbocycles. The van der Waals surface area contributed by atoms with Crippen LogP contribution in [0.2, 0.25) is 5.02 Å². The molecule has 30 heavy (non-hydrogen) atoms. The van der Waals surface area contributed by atoms with E-state index in [9.17, 15) is 4.79 Å². The average Bonchev–Trinajstić information content (AvgIpc) is 3.13. The molecule has 9 heteroatoms. The number of benzene rings is 2. The lowest BCUT2D eigenvalue weighted by molar-refractivity contribution is -0.115. The van der Waals surface area contributed by atoms with Gasteiger partial charge in [0, 0.05) is 29.4 Å². The van der Waals surface area contributed by atoms with Gasteiger partial charge in [0.25, 0.3) is 0 Å². The Labute approximate surface area is 184 Å². The number of hydrogen-bond acceptors (Lipinski definition) is 6. The number of hydrogen-bond donors (Lipinski definition) is 1. The highest BCUT2D eigenvalue weighted by atomic mass is 35.5. The molecule has 0 spiro atoms. The Hall–Kier alpha value is -2.84. The quantitative estimate of drug-likeness (QED) is 0.550. The zero-order chi connectivity index (χ0) is 21.7. The molecular weight excluding hydrogens is 426 g/mol. The van der Waals surface area contributed by atoms with Crippen LogP contribution in [0.4, 0.5) is 5.69 Å². The third-order valence-corrected chi connectivity index (χ3v) is 5.67. The number of ether oxygens (including phenoxy) is 3. The Bertz CT molecular complexity index is 1030. The first-order chi connectivity index (χ1) is 14.4. The first-order valence-electron chi connectivity index (χ1n) is 8.98. The summed E-state index contributed by atoms with van der Waals surface area (Å²) in [6.45, 7) is 0. The first kappa shape index (κ1) is 21.9. The second-order valence-electron chi connectivity index (χ2n) is 6.32. The van der Waals surface area contributed by atoms with Crippen LogP contribution in [0, 0.1) is 0 Å². The van der Waals surface area contributed by atoms with E-state index in [2.05, 4.69) is 10.3 Å². The lowest BCUT2D eigenvalue weighted by Crippen LogP contribution is -2.15. The fourth-order valence-corrected chi connectivity index (χ4v) is 3.90. The molecule has 3 aromatic rings. The fraction of sp³-hybridized carbons (Fsp3) is 0.238. The molecule has 1 N–H and O–H groups in total. The fourth-order valence-electron chi connectivity index (χ4n) is 2.85. The number of rotatable bonds is 8. The molecule has 0 atom stereocenters. The molecule has 1 amide bonds. The third-order valence-electron chi connectivity index (χ3n) is 4.28.